The summed E-state index contributed by atoms with van der Waals surface area (Å²) in [6, 6.07) is 13.2. The zero-order valence-electron chi connectivity index (χ0n) is 16.9. The van der Waals surface area contributed by atoms with Crippen LogP contribution in [-0.2, 0) is 0 Å². The van der Waals surface area contributed by atoms with E-state index in [9.17, 15) is 19.1 Å². The van der Waals surface area contributed by atoms with Crippen molar-refractivity contribution in [2.45, 2.75) is 6.04 Å². The molecule has 9 heteroatoms. The van der Waals surface area contributed by atoms with Crippen LogP contribution in [0, 0.1) is 5.82 Å². The maximum Gasteiger partial charge on any atom is 0.280 e. The van der Waals surface area contributed by atoms with E-state index in [2.05, 4.69) is 5.10 Å². The average Bonchev–Trinajstić information content (AvgIpc) is 2.82. The first-order chi connectivity index (χ1) is 15.5. The van der Waals surface area contributed by atoms with Gasteiger partial charge in [0.25, 0.3) is 5.91 Å². The molecule has 162 valence electrons. The van der Waals surface area contributed by atoms with Crippen LogP contribution < -0.4 is 15.2 Å². The molecule has 2 aliphatic rings. The lowest BCUT2D eigenvalue weighted by atomic mass is 9.97. The number of aromatic hydroxyl groups is 1. The predicted octanol–water partition coefficient (Wildman–Crippen LogP) is 2.18. The molecule has 2 bridgehead atoms. The molecule has 1 amide bonds. The van der Waals surface area contributed by atoms with E-state index in [1.807, 2.05) is 30.3 Å². The second-order valence-electron chi connectivity index (χ2n) is 7.48. The Kier molecular flexibility index (Phi) is 4.85. The van der Waals surface area contributed by atoms with Crippen molar-refractivity contribution in [3.8, 4) is 11.5 Å². The van der Waals surface area contributed by atoms with Crippen LogP contribution in [0.2, 0.25) is 0 Å². The van der Waals surface area contributed by atoms with Crippen molar-refractivity contribution in [3.63, 3.8) is 0 Å². The molecule has 1 aromatic heterocycles. The minimum atomic E-state index is -0.742. The molecule has 0 saturated carbocycles. The molecule has 0 saturated heterocycles. The third kappa shape index (κ3) is 3.27. The van der Waals surface area contributed by atoms with Gasteiger partial charge in [-0.15, -0.1) is 0 Å². The Morgan fingerprint density at radius 2 is 1.91 bits per heavy atom. The first-order valence-corrected chi connectivity index (χ1v) is 10.0. The Hall–Kier alpha value is -4.14. The van der Waals surface area contributed by atoms with Gasteiger partial charge in [-0.2, -0.15) is 9.89 Å². The summed E-state index contributed by atoms with van der Waals surface area (Å²) in [7, 11) is 0. The van der Waals surface area contributed by atoms with Gasteiger partial charge in [0.05, 0.1) is 0 Å². The quantitative estimate of drug-likeness (QED) is 0.591. The van der Waals surface area contributed by atoms with E-state index in [0.717, 1.165) is 11.8 Å². The number of benzene rings is 2. The summed E-state index contributed by atoms with van der Waals surface area (Å²) in [6.07, 6.45) is 4.45. The second kappa shape index (κ2) is 7.84. The van der Waals surface area contributed by atoms with Crippen LogP contribution in [0.5, 0.6) is 11.5 Å². The summed E-state index contributed by atoms with van der Waals surface area (Å²) in [4.78, 5) is 27.9. The van der Waals surface area contributed by atoms with Crippen LogP contribution in [0.15, 0.2) is 71.7 Å². The van der Waals surface area contributed by atoms with Crippen molar-refractivity contribution in [3.05, 3.63) is 99.7 Å². The predicted molar refractivity (Wildman–Crippen MR) is 114 cm³/mol. The summed E-state index contributed by atoms with van der Waals surface area (Å²) in [6.45, 7) is 0.531. The normalized spacial score (nSPS) is 18.8. The molecule has 1 N–H and O–H groups in total. The van der Waals surface area contributed by atoms with Crippen LogP contribution in [0.25, 0.3) is 0 Å². The van der Waals surface area contributed by atoms with Crippen molar-refractivity contribution in [2.24, 2.45) is 0 Å². The number of carbonyl (C=O) groups is 1. The maximum absolute atomic E-state index is 14.1. The molecular formula is C23H19FN4O4. The summed E-state index contributed by atoms with van der Waals surface area (Å²) in [5.41, 5.74) is 0.514. The molecule has 3 aromatic rings. The molecule has 8 nitrogen and oxygen atoms in total. The van der Waals surface area contributed by atoms with Gasteiger partial charge in [-0.3, -0.25) is 14.6 Å². The smallest absolute Gasteiger partial charge is 0.280 e. The number of aromatic nitrogens is 2. The highest BCUT2D eigenvalue weighted by Gasteiger charge is 2.38. The molecule has 0 radical (unpaired) electrons. The molecule has 5 rings (SSSR count). The molecule has 0 fully saturated rings. The second-order valence-corrected chi connectivity index (χ2v) is 7.48. The topological polar surface area (TPSA) is 87.9 Å². The third-order valence-electron chi connectivity index (χ3n) is 5.50. The number of amides is 1. The number of carbonyl (C=O) groups excluding carboxylic acids is 1. The van der Waals surface area contributed by atoms with E-state index in [-0.39, 0.29) is 25.5 Å². The van der Waals surface area contributed by atoms with E-state index in [1.165, 1.54) is 21.8 Å². The number of halogens is 1. The van der Waals surface area contributed by atoms with Gasteiger partial charge >= 0.3 is 0 Å². The van der Waals surface area contributed by atoms with Crippen LogP contribution in [0.3, 0.4) is 0 Å². The van der Waals surface area contributed by atoms with E-state index >= 15 is 0 Å². The highest BCUT2D eigenvalue weighted by molar-refractivity contribution is 5.96. The van der Waals surface area contributed by atoms with Gasteiger partial charge in [-0.05, 0) is 23.8 Å². The zero-order chi connectivity index (χ0) is 22.2. The Morgan fingerprint density at radius 3 is 2.72 bits per heavy atom. The number of rotatable bonds is 1. The fourth-order valence-electron chi connectivity index (χ4n) is 4.01. The molecular weight excluding hydrogens is 415 g/mol. The molecule has 1 unspecified atom stereocenters. The van der Waals surface area contributed by atoms with Crippen LogP contribution in [0.4, 0.5) is 4.39 Å². The number of fused-ring (bicyclic) bond motifs is 5. The summed E-state index contributed by atoms with van der Waals surface area (Å²) in [5.74, 6) is -1.27. The van der Waals surface area contributed by atoms with E-state index in [1.54, 1.807) is 23.2 Å². The Labute approximate surface area is 182 Å². The first-order valence-electron chi connectivity index (χ1n) is 10.0. The van der Waals surface area contributed by atoms with Crippen LogP contribution in [0.1, 0.15) is 27.7 Å². The lowest BCUT2D eigenvalue weighted by Crippen LogP contribution is -2.56. The molecule has 3 heterocycles. The molecule has 1 atom stereocenters. The van der Waals surface area contributed by atoms with Crippen LogP contribution in [-0.4, -0.2) is 45.6 Å². The Morgan fingerprint density at radius 1 is 1.09 bits per heavy atom. The first kappa shape index (κ1) is 19.8. The fourth-order valence-corrected chi connectivity index (χ4v) is 4.01. The lowest BCUT2D eigenvalue weighted by molar-refractivity contribution is 0.0690. The minimum Gasteiger partial charge on any atom is -0.502 e. The van der Waals surface area contributed by atoms with Crippen molar-refractivity contribution in [1.82, 2.24) is 14.8 Å². The largest absolute Gasteiger partial charge is 0.502 e. The molecule has 2 aromatic carbocycles. The number of hydrogen-bond donors (Lipinski definition) is 1. The standard InChI is InChI=1S/C23H19FN4O4/c24-16-8-9-17-19(12-16)32-11-5-4-10-26-14-27(20(17)15-6-2-1-3-7-15)28-21(23(26)31)22(30)18(29)13-25-28/h1-9,12-13,20,30H,10-11,14H2/b5-4-. The average molecular weight is 434 g/mol. The van der Waals surface area contributed by atoms with Crippen molar-refractivity contribution in [1.29, 1.82) is 0 Å². The van der Waals surface area contributed by atoms with Gasteiger partial charge in [0.1, 0.15) is 37.1 Å². The number of nitrogens with zero attached hydrogens (tertiary/aromatic N) is 4. The Balaban J connectivity index is 1.80. The Bertz CT molecular complexity index is 1270. The SMILES string of the molecule is O=C1c2c(O)c(=O)cnn2N2CN1C/C=C\COc1cc(F)ccc1C2c1ccccc1. The lowest BCUT2D eigenvalue weighted by Gasteiger charge is -2.42. The van der Waals surface area contributed by atoms with Gasteiger partial charge in [0.15, 0.2) is 11.4 Å². The van der Waals surface area contributed by atoms with Gasteiger partial charge in [0, 0.05) is 18.2 Å². The molecule has 32 heavy (non-hydrogen) atoms. The van der Waals surface area contributed by atoms with Crippen LogP contribution >= 0.6 is 0 Å². The van der Waals surface area contributed by atoms with Crippen molar-refractivity contribution < 1.29 is 19.0 Å². The van der Waals surface area contributed by atoms with Gasteiger partial charge in [0.2, 0.25) is 5.43 Å². The highest BCUT2D eigenvalue weighted by atomic mass is 19.1. The van der Waals surface area contributed by atoms with Gasteiger partial charge in [-0.1, -0.05) is 36.4 Å². The van der Waals surface area contributed by atoms with Crippen molar-refractivity contribution in [2.75, 3.05) is 24.8 Å². The van der Waals surface area contributed by atoms with Gasteiger partial charge in [-0.25, -0.2) is 4.39 Å². The molecule has 0 spiro atoms. The maximum atomic E-state index is 14.1. The summed E-state index contributed by atoms with van der Waals surface area (Å²) >= 11 is 0. The monoisotopic (exact) mass is 434 g/mol. The number of hydrogen-bond acceptors (Lipinski definition) is 6. The zero-order valence-corrected chi connectivity index (χ0v) is 16.9. The van der Waals surface area contributed by atoms with E-state index in [4.69, 9.17) is 4.74 Å². The summed E-state index contributed by atoms with van der Waals surface area (Å²) < 4.78 is 20.0. The van der Waals surface area contributed by atoms with Crippen molar-refractivity contribution >= 4 is 5.91 Å². The van der Waals surface area contributed by atoms with E-state index in [0.29, 0.717) is 11.3 Å². The minimum absolute atomic E-state index is 0.113. The molecule has 2 aliphatic heterocycles. The summed E-state index contributed by atoms with van der Waals surface area (Å²) in [5, 5.41) is 16.4. The van der Waals surface area contributed by atoms with E-state index < -0.39 is 28.9 Å². The fraction of sp³-hybridized carbons (Fsp3) is 0.174. The molecule has 0 aliphatic carbocycles. The number of ether oxygens (including phenoxy) is 1. The third-order valence-corrected chi connectivity index (χ3v) is 5.50. The highest BCUT2D eigenvalue weighted by Crippen LogP contribution is 2.36. The van der Waals surface area contributed by atoms with Gasteiger partial charge < -0.3 is 14.7 Å².